The van der Waals surface area contributed by atoms with Crippen molar-refractivity contribution in [3.05, 3.63) is 47.9 Å². The Morgan fingerprint density at radius 1 is 1.25 bits per heavy atom. The molecular weight excluding hydrogens is 296 g/mol. The van der Waals surface area contributed by atoms with Crippen molar-refractivity contribution in [1.29, 1.82) is 0 Å². The van der Waals surface area contributed by atoms with E-state index in [0.29, 0.717) is 10.0 Å². The van der Waals surface area contributed by atoms with Crippen molar-refractivity contribution < 1.29 is 4.21 Å². The third kappa shape index (κ3) is 2.39. The van der Waals surface area contributed by atoms with Gasteiger partial charge in [-0.1, -0.05) is 23.7 Å². The van der Waals surface area contributed by atoms with Crippen LogP contribution in [0.1, 0.15) is 0 Å². The van der Waals surface area contributed by atoms with Crippen molar-refractivity contribution in [2.45, 2.75) is 4.90 Å². The number of aromatic nitrogens is 3. The Labute approximate surface area is 123 Å². The quantitative estimate of drug-likeness (QED) is 0.757. The molecule has 0 saturated heterocycles. The first kappa shape index (κ1) is 13.1. The number of benzene rings is 1. The summed E-state index contributed by atoms with van der Waals surface area (Å²) in [5.74, 6) is 0. The Balaban J connectivity index is 1.95. The van der Waals surface area contributed by atoms with Crippen LogP contribution in [0.15, 0.2) is 47.6 Å². The van der Waals surface area contributed by atoms with Crippen LogP contribution in [0.5, 0.6) is 0 Å². The second kappa shape index (κ2) is 5.22. The summed E-state index contributed by atoms with van der Waals surface area (Å²) in [6, 6.07) is 9.01. The largest absolute Gasteiger partial charge is 0.299 e. The topological polar surface area (TPSA) is 59.8 Å². The summed E-state index contributed by atoms with van der Waals surface area (Å²) in [7, 11) is 0.444. The van der Waals surface area contributed by atoms with Crippen molar-refractivity contribution in [2.24, 2.45) is 7.05 Å². The molecule has 102 valence electrons. The zero-order chi connectivity index (χ0) is 14.1. The molecule has 2 heterocycles. The van der Waals surface area contributed by atoms with Crippen LogP contribution < -0.4 is 4.72 Å². The predicted octanol–water partition coefficient (Wildman–Crippen LogP) is 2.76. The number of halogens is 1. The first-order valence-electron chi connectivity index (χ1n) is 5.86. The molecule has 2 aromatic heterocycles. The summed E-state index contributed by atoms with van der Waals surface area (Å²) in [6.45, 7) is 0. The van der Waals surface area contributed by atoms with E-state index in [2.05, 4.69) is 14.8 Å². The zero-order valence-corrected chi connectivity index (χ0v) is 12.1. The monoisotopic (exact) mass is 306 g/mol. The third-order valence-electron chi connectivity index (χ3n) is 2.88. The SMILES string of the molecule is Cn1ncc2cccc(NS(=O)c3ccc(Cl)nc3)c21. The molecule has 0 amide bonds. The molecule has 1 unspecified atom stereocenters. The summed E-state index contributed by atoms with van der Waals surface area (Å²) in [6.07, 6.45) is 3.27. The molecule has 0 bridgehead atoms. The number of para-hydroxylation sites is 1. The molecule has 5 nitrogen and oxygen atoms in total. The highest BCUT2D eigenvalue weighted by molar-refractivity contribution is 7.86. The summed E-state index contributed by atoms with van der Waals surface area (Å²) in [5.41, 5.74) is 1.67. The van der Waals surface area contributed by atoms with Crippen molar-refractivity contribution in [3.63, 3.8) is 0 Å². The van der Waals surface area contributed by atoms with Gasteiger partial charge in [0, 0.05) is 18.6 Å². The van der Waals surface area contributed by atoms with E-state index in [9.17, 15) is 4.21 Å². The van der Waals surface area contributed by atoms with Gasteiger partial charge in [-0.3, -0.25) is 9.40 Å². The Hall–Kier alpha value is -1.92. The molecule has 0 aliphatic carbocycles. The second-order valence-corrected chi connectivity index (χ2v) is 5.80. The maximum atomic E-state index is 12.3. The number of aryl methyl sites for hydroxylation is 1. The van der Waals surface area contributed by atoms with Crippen LogP contribution in [0, 0.1) is 0 Å². The molecule has 3 rings (SSSR count). The molecule has 0 fully saturated rings. The molecular formula is C13H11ClN4OS. The minimum absolute atomic E-state index is 0.375. The van der Waals surface area contributed by atoms with Gasteiger partial charge < -0.3 is 0 Å². The van der Waals surface area contributed by atoms with Crippen molar-refractivity contribution in [2.75, 3.05) is 4.72 Å². The van der Waals surface area contributed by atoms with Crippen LogP contribution in [0.4, 0.5) is 5.69 Å². The number of fused-ring (bicyclic) bond motifs is 1. The van der Waals surface area contributed by atoms with Gasteiger partial charge in [-0.25, -0.2) is 9.19 Å². The van der Waals surface area contributed by atoms with Gasteiger partial charge in [0.05, 0.1) is 22.3 Å². The maximum Gasteiger partial charge on any atom is 0.151 e. The van der Waals surface area contributed by atoms with Gasteiger partial charge in [-0.2, -0.15) is 5.10 Å². The van der Waals surface area contributed by atoms with E-state index < -0.39 is 11.0 Å². The Bertz CT molecular complexity index is 785. The van der Waals surface area contributed by atoms with Gasteiger partial charge in [0.2, 0.25) is 0 Å². The number of rotatable bonds is 3. The molecule has 1 aromatic carbocycles. The fourth-order valence-corrected chi connectivity index (χ4v) is 2.88. The summed E-state index contributed by atoms with van der Waals surface area (Å²) in [5, 5.41) is 5.56. The van der Waals surface area contributed by atoms with E-state index in [1.165, 1.54) is 6.20 Å². The first-order valence-corrected chi connectivity index (χ1v) is 7.38. The molecule has 1 N–H and O–H groups in total. The number of pyridine rings is 1. The van der Waals surface area contributed by atoms with E-state index >= 15 is 0 Å². The molecule has 0 radical (unpaired) electrons. The minimum atomic E-state index is -1.40. The summed E-state index contributed by atoms with van der Waals surface area (Å²) < 4.78 is 17.0. The van der Waals surface area contributed by atoms with Gasteiger partial charge in [0.1, 0.15) is 5.15 Å². The van der Waals surface area contributed by atoms with E-state index in [4.69, 9.17) is 11.6 Å². The van der Waals surface area contributed by atoms with Crippen LogP contribution in [0.25, 0.3) is 10.9 Å². The molecule has 0 aliphatic heterocycles. The van der Waals surface area contributed by atoms with Crippen LogP contribution in [0.2, 0.25) is 5.15 Å². The molecule has 1 atom stereocenters. The second-order valence-electron chi connectivity index (χ2n) is 4.20. The minimum Gasteiger partial charge on any atom is -0.299 e. The molecule has 3 aromatic rings. The summed E-state index contributed by atoms with van der Waals surface area (Å²) in [4.78, 5) is 4.49. The number of nitrogens with zero attached hydrogens (tertiary/aromatic N) is 3. The van der Waals surface area contributed by atoms with Crippen molar-refractivity contribution >= 4 is 39.2 Å². The number of hydrogen-bond donors (Lipinski definition) is 1. The van der Waals surface area contributed by atoms with Crippen LogP contribution in [0.3, 0.4) is 0 Å². The Morgan fingerprint density at radius 2 is 2.10 bits per heavy atom. The Morgan fingerprint density at radius 3 is 2.85 bits per heavy atom. The Kier molecular flexibility index (Phi) is 3.42. The molecule has 0 saturated carbocycles. The highest BCUT2D eigenvalue weighted by atomic mass is 35.5. The summed E-state index contributed by atoms with van der Waals surface area (Å²) >= 11 is 5.72. The van der Waals surface area contributed by atoms with Gasteiger partial charge >= 0.3 is 0 Å². The molecule has 20 heavy (non-hydrogen) atoms. The third-order valence-corrected chi connectivity index (χ3v) is 4.18. The normalized spacial score (nSPS) is 12.5. The first-order chi connectivity index (χ1) is 9.65. The molecule has 0 spiro atoms. The lowest BCUT2D eigenvalue weighted by molar-refractivity contribution is 0.686. The fourth-order valence-electron chi connectivity index (χ4n) is 1.95. The van der Waals surface area contributed by atoms with Gasteiger partial charge in [0.25, 0.3) is 0 Å². The number of anilines is 1. The van der Waals surface area contributed by atoms with E-state index in [-0.39, 0.29) is 0 Å². The smallest absolute Gasteiger partial charge is 0.151 e. The van der Waals surface area contributed by atoms with E-state index in [0.717, 1.165) is 16.6 Å². The maximum absolute atomic E-state index is 12.3. The molecule has 7 heteroatoms. The predicted molar refractivity (Wildman–Crippen MR) is 80.0 cm³/mol. The lowest BCUT2D eigenvalue weighted by atomic mass is 10.2. The standard InChI is InChI=1S/C13H11ClN4OS/c1-18-13-9(7-16-18)3-2-4-11(13)17-20(19)10-5-6-12(14)15-8-10/h2-8,17H,1H3. The average Bonchev–Trinajstić information content (AvgIpc) is 2.82. The van der Waals surface area contributed by atoms with Crippen LogP contribution in [-0.4, -0.2) is 19.0 Å². The highest BCUT2D eigenvalue weighted by Gasteiger charge is 2.09. The fraction of sp³-hybridized carbons (Fsp3) is 0.0769. The average molecular weight is 307 g/mol. The van der Waals surface area contributed by atoms with Gasteiger partial charge in [0.15, 0.2) is 11.0 Å². The lowest BCUT2D eigenvalue weighted by Gasteiger charge is -2.08. The van der Waals surface area contributed by atoms with Crippen molar-refractivity contribution in [1.82, 2.24) is 14.8 Å². The highest BCUT2D eigenvalue weighted by Crippen LogP contribution is 2.24. The van der Waals surface area contributed by atoms with Crippen LogP contribution >= 0.6 is 11.6 Å². The van der Waals surface area contributed by atoms with Gasteiger partial charge in [-0.15, -0.1) is 0 Å². The van der Waals surface area contributed by atoms with E-state index in [1.54, 1.807) is 23.0 Å². The zero-order valence-electron chi connectivity index (χ0n) is 10.6. The number of hydrogen-bond acceptors (Lipinski definition) is 3. The van der Waals surface area contributed by atoms with E-state index in [1.807, 2.05) is 25.2 Å². The lowest BCUT2D eigenvalue weighted by Crippen LogP contribution is -2.06. The van der Waals surface area contributed by atoms with Gasteiger partial charge in [-0.05, 0) is 18.2 Å². The van der Waals surface area contributed by atoms with Crippen LogP contribution in [-0.2, 0) is 18.0 Å². The molecule has 0 aliphatic rings. The number of nitrogens with one attached hydrogen (secondary N) is 1. The van der Waals surface area contributed by atoms with Crippen molar-refractivity contribution in [3.8, 4) is 0 Å².